The van der Waals surface area contributed by atoms with E-state index in [-0.39, 0.29) is 23.9 Å². The minimum absolute atomic E-state index is 0.106. The van der Waals surface area contributed by atoms with Crippen LogP contribution in [0.1, 0.15) is 97.3 Å². The quantitative estimate of drug-likeness (QED) is 0.449. The van der Waals surface area contributed by atoms with Crippen molar-refractivity contribution in [3.8, 4) is 0 Å². The SMILES string of the molecule is CCCc1nc(CC2CCN(C(=O)C(CC(C)C)N3CCN[C@@H](CC(C)C)C3=O)CC2)n(C)c1CCC. The zero-order valence-electron chi connectivity index (χ0n) is 24.7. The van der Waals surface area contributed by atoms with E-state index in [1.807, 2.05) is 9.80 Å². The molecule has 2 aliphatic rings. The first-order chi connectivity index (χ1) is 17.7. The van der Waals surface area contributed by atoms with Gasteiger partial charge in [0.25, 0.3) is 0 Å². The number of aromatic nitrogens is 2. The molecular formula is C30H53N5O2. The number of nitrogens with one attached hydrogen (secondary N) is 1. The van der Waals surface area contributed by atoms with Crippen LogP contribution in [0.15, 0.2) is 0 Å². The largest absolute Gasteiger partial charge is 0.341 e. The van der Waals surface area contributed by atoms with Crippen molar-refractivity contribution in [2.45, 2.75) is 111 Å². The monoisotopic (exact) mass is 515 g/mol. The number of hydrogen-bond donors (Lipinski definition) is 1. The predicted octanol–water partition coefficient (Wildman–Crippen LogP) is 4.37. The molecule has 0 spiro atoms. The van der Waals surface area contributed by atoms with Crippen LogP contribution in [0.2, 0.25) is 0 Å². The van der Waals surface area contributed by atoms with Gasteiger partial charge in [-0.2, -0.15) is 0 Å². The molecule has 0 bridgehead atoms. The van der Waals surface area contributed by atoms with Crippen LogP contribution in [0.25, 0.3) is 0 Å². The molecule has 210 valence electrons. The number of amides is 2. The summed E-state index contributed by atoms with van der Waals surface area (Å²) in [6.45, 7) is 16.0. The smallest absolute Gasteiger partial charge is 0.245 e. The lowest BCUT2D eigenvalue weighted by Crippen LogP contribution is -2.62. The zero-order chi connectivity index (χ0) is 27.1. The van der Waals surface area contributed by atoms with Crippen LogP contribution in [0.4, 0.5) is 0 Å². The molecule has 2 fully saturated rings. The second-order valence-corrected chi connectivity index (χ2v) is 12.3. The van der Waals surface area contributed by atoms with Crippen molar-refractivity contribution in [1.82, 2.24) is 24.7 Å². The highest BCUT2D eigenvalue weighted by Crippen LogP contribution is 2.26. The molecule has 1 N–H and O–H groups in total. The number of nitrogens with zero attached hydrogens (tertiary/aromatic N) is 4. The molecule has 1 unspecified atom stereocenters. The van der Waals surface area contributed by atoms with E-state index in [1.54, 1.807) is 0 Å². The number of piperazine rings is 1. The van der Waals surface area contributed by atoms with Crippen LogP contribution < -0.4 is 5.32 Å². The first-order valence-electron chi connectivity index (χ1n) is 15.0. The van der Waals surface area contributed by atoms with Crippen molar-refractivity contribution >= 4 is 11.8 Å². The molecule has 7 heteroatoms. The van der Waals surface area contributed by atoms with Gasteiger partial charge in [0.05, 0.1) is 11.7 Å². The predicted molar refractivity (Wildman–Crippen MR) is 150 cm³/mol. The van der Waals surface area contributed by atoms with Crippen LogP contribution in [-0.4, -0.2) is 69.4 Å². The van der Waals surface area contributed by atoms with E-state index in [2.05, 4.69) is 58.5 Å². The summed E-state index contributed by atoms with van der Waals surface area (Å²) in [6.07, 6.45) is 8.95. The van der Waals surface area contributed by atoms with Crippen LogP contribution >= 0.6 is 0 Å². The minimum Gasteiger partial charge on any atom is -0.341 e. The maximum Gasteiger partial charge on any atom is 0.245 e. The fourth-order valence-corrected chi connectivity index (χ4v) is 6.17. The standard InChI is InChI=1S/C30H53N5O2/c1-8-10-24-26(11-9-2)33(7)28(32-24)20-23-12-15-34(16-13-23)30(37)27(19-22(5)6)35-17-14-31-25(29(35)36)18-21(3)4/h21-23,25,27,31H,8-20H2,1-7H3/t25-,27?/m0/s1. The van der Waals surface area contributed by atoms with Crippen molar-refractivity contribution in [2.24, 2.45) is 24.8 Å². The second-order valence-electron chi connectivity index (χ2n) is 12.3. The number of imidazole rings is 1. The van der Waals surface area contributed by atoms with Crippen LogP contribution in [0.3, 0.4) is 0 Å². The molecule has 0 saturated carbocycles. The molecule has 1 aromatic heterocycles. The van der Waals surface area contributed by atoms with E-state index >= 15 is 0 Å². The molecule has 2 saturated heterocycles. The molecule has 0 radical (unpaired) electrons. The number of rotatable bonds is 12. The molecule has 2 atom stereocenters. The zero-order valence-corrected chi connectivity index (χ0v) is 24.7. The Labute approximate surface area is 225 Å². The van der Waals surface area contributed by atoms with Crippen LogP contribution in [-0.2, 0) is 35.9 Å². The third-order valence-electron chi connectivity index (χ3n) is 8.15. The van der Waals surface area contributed by atoms with Gasteiger partial charge in [-0.15, -0.1) is 0 Å². The van der Waals surface area contributed by atoms with Gasteiger partial charge in [-0.1, -0.05) is 54.4 Å². The molecule has 37 heavy (non-hydrogen) atoms. The van der Waals surface area contributed by atoms with E-state index in [0.29, 0.717) is 24.3 Å². The van der Waals surface area contributed by atoms with Crippen molar-refractivity contribution in [1.29, 1.82) is 0 Å². The Hall–Kier alpha value is -1.89. The van der Waals surface area contributed by atoms with Gasteiger partial charge in [-0.25, -0.2) is 4.98 Å². The van der Waals surface area contributed by atoms with Gasteiger partial charge in [-0.05, 0) is 56.3 Å². The summed E-state index contributed by atoms with van der Waals surface area (Å²) in [5.41, 5.74) is 2.68. The maximum atomic E-state index is 13.8. The summed E-state index contributed by atoms with van der Waals surface area (Å²) in [5, 5.41) is 3.39. The Morgan fingerprint density at radius 3 is 2.30 bits per heavy atom. The van der Waals surface area contributed by atoms with E-state index in [1.165, 1.54) is 17.2 Å². The van der Waals surface area contributed by atoms with Gasteiger partial charge >= 0.3 is 0 Å². The van der Waals surface area contributed by atoms with E-state index in [4.69, 9.17) is 4.98 Å². The Morgan fingerprint density at radius 1 is 1.03 bits per heavy atom. The summed E-state index contributed by atoms with van der Waals surface area (Å²) >= 11 is 0. The summed E-state index contributed by atoms with van der Waals surface area (Å²) in [4.78, 5) is 36.2. The van der Waals surface area contributed by atoms with Crippen molar-refractivity contribution in [3.05, 3.63) is 17.2 Å². The maximum absolute atomic E-state index is 13.8. The van der Waals surface area contributed by atoms with Gasteiger partial charge in [-0.3, -0.25) is 9.59 Å². The third-order valence-corrected chi connectivity index (χ3v) is 8.15. The molecular weight excluding hydrogens is 462 g/mol. The highest BCUT2D eigenvalue weighted by atomic mass is 16.2. The number of likely N-dealkylation sites (tertiary alicyclic amines) is 1. The van der Waals surface area contributed by atoms with Crippen molar-refractivity contribution in [3.63, 3.8) is 0 Å². The molecule has 3 heterocycles. The number of hydrogen-bond acceptors (Lipinski definition) is 4. The highest BCUT2D eigenvalue weighted by molar-refractivity contribution is 5.90. The average Bonchev–Trinajstić information content (AvgIpc) is 3.13. The molecule has 1 aromatic rings. The Morgan fingerprint density at radius 2 is 1.70 bits per heavy atom. The van der Waals surface area contributed by atoms with Gasteiger partial charge in [0.15, 0.2) is 0 Å². The van der Waals surface area contributed by atoms with Gasteiger partial charge < -0.3 is 19.7 Å². The molecule has 3 rings (SSSR count). The first-order valence-corrected chi connectivity index (χ1v) is 15.0. The number of aryl methyl sites for hydroxylation is 1. The summed E-state index contributed by atoms with van der Waals surface area (Å²) in [5.74, 6) is 2.81. The Bertz CT molecular complexity index is 885. The fraction of sp³-hybridized carbons (Fsp3) is 0.833. The number of piperidine rings is 1. The van der Waals surface area contributed by atoms with Crippen LogP contribution in [0.5, 0.6) is 0 Å². The highest BCUT2D eigenvalue weighted by Gasteiger charge is 2.39. The fourth-order valence-electron chi connectivity index (χ4n) is 6.17. The molecule has 0 aromatic carbocycles. The second kappa shape index (κ2) is 13.8. The van der Waals surface area contributed by atoms with Crippen molar-refractivity contribution < 1.29 is 9.59 Å². The molecule has 0 aliphatic carbocycles. The molecule has 2 aliphatic heterocycles. The number of carbonyl (C=O) groups excluding carboxylic acids is 2. The average molecular weight is 516 g/mol. The van der Waals surface area contributed by atoms with Gasteiger partial charge in [0, 0.05) is 45.3 Å². The normalized spacial score (nSPS) is 20.4. The van der Waals surface area contributed by atoms with E-state index in [0.717, 1.165) is 77.4 Å². The Kier molecular flexibility index (Phi) is 11.0. The Balaban J connectivity index is 1.64. The van der Waals surface area contributed by atoms with E-state index < -0.39 is 0 Å². The number of carbonyl (C=O) groups is 2. The lowest BCUT2D eigenvalue weighted by Gasteiger charge is -2.42. The lowest BCUT2D eigenvalue weighted by atomic mass is 9.91. The lowest BCUT2D eigenvalue weighted by molar-refractivity contribution is -0.150. The summed E-state index contributed by atoms with van der Waals surface area (Å²) in [7, 11) is 2.18. The van der Waals surface area contributed by atoms with E-state index in [9.17, 15) is 9.59 Å². The minimum atomic E-state index is -0.344. The molecule has 7 nitrogen and oxygen atoms in total. The summed E-state index contributed by atoms with van der Waals surface area (Å²) in [6, 6.07) is -0.515. The van der Waals surface area contributed by atoms with Crippen LogP contribution in [0, 0.1) is 17.8 Å². The third kappa shape index (κ3) is 7.58. The van der Waals surface area contributed by atoms with Crippen molar-refractivity contribution in [2.75, 3.05) is 26.2 Å². The summed E-state index contributed by atoms with van der Waals surface area (Å²) < 4.78 is 2.34. The first kappa shape index (κ1) is 29.7. The van der Waals surface area contributed by atoms with Gasteiger partial charge in [0.2, 0.25) is 11.8 Å². The molecule has 2 amide bonds. The van der Waals surface area contributed by atoms with Gasteiger partial charge in [0.1, 0.15) is 11.9 Å². The topological polar surface area (TPSA) is 70.5 Å².